The van der Waals surface area contributed by atoms with Crippen molar-refractivity contribution in [1.82, 2.24) is 5.32 Å². The highest BCUT2D eigenvalue weighted by atomic mass is 16.3. The topological polar surface area (TPSA) is 32.3 Å². The van der Waals surface area contributed by atoms with Gasteiger partial charge in [-0.05, 0) is 73.5 Å². The third-order valence-electron chi connectivity index (χ3n) is 6.88. The molecule has 0 heterocycles. The Morgan fingerprint density at radius 3 is 2.08 bits per heavy atom. The van der Waals surface area contributed by atoms with Gasteiger partial charge in [-0.1, -0.05) is 42.5 Å². The van der Waals surface area contributed by atoms with Gasteiger partial charge in [-0.3, -0.25) is 0 Å². The molecule has 2 heteroatoms. The molecular weight excluding hydrogens is 306 g/mol. The zero-order valence-electron chi connectivity index (χ0n) is 14.7. The first kappa shape index (κ1) is 15.5. The quantitative estimate of drug-likeness (QED) is 0.814. The summed E-state index contributed by atoms with van der Waals surface area (Å²) in [5.41, 5.74) is 3.60. The lowest BCUT2D eigenvalue weighted by atomic mass is 9.53. The van der Waals surface area contributed by atoms with Crippen molar-refractivity contribution < 1.29 is 5.11 Å². The first-order valence-corrected chi connectivity index (χ1v) is 9.81. The highest BCUT2D eigenvalue weighted by molar-refractivity contribution is 5.65. The summed E-state index contributed by atoms with van der Waals surface area (Å²) in [7, 11) is 0. The maximum absolute atomic E-state index is 10.5. The van der Waals surface area contributed by atoms with Gasteiger partial charge in [0.15, 0.2) is 0 Å². The van der Waals surface area contributed by atoms with Crippen LogP contribution in [0.4, 0.5) is 0 Å². The Bertz CT molecular complexity index is 732. The molecule has 0 aromatic heterocycles. The van der Waals surface area contributed by atoms with Crippen molar-refractivity contribution in [3.63, 3.8) is 0 Å². The van der Waals surface area contributed by atoms with Gasteiger partial charge in [0, 0.05) is 17.6 Å². The molecule has 4 fully saturated rings. The highest BCUT2D eigenvalue weighted by Gasteiger charge is 2.50. The predicted octanol–water partition coefficient (Wildman–Crippen LogP) is 5.12. The molecule has 0 unspecified atom stereocenters. The van der Waals surface area contributed by atoms with Crippen molar-refractivity contribution in [1.29, 1.82) is 0 Å². The molecule has 2 nitrogen and oxygen atoms in total. The molecule has 0 aliphatic heterocycles. The second kappa shape index (κ2) is 5.88. The summed E-state index contributed by atoms with van der Waals surface area (Å²) in [6.45, 7) is 0.785. The van der Waals surface area contributed by atoms with E-state index in [0.717, 1.165) is 41.0 Å². The van der Waals surface area contributed by atoms with E-state index >= 15 is 0 Å². The summed E-state index contributed by atoms with van der Waals surface area (Å²) in [6, 6.07) is 16.4. The Balaban J connectivity index is 1.32. The summed E-state index contributed by atoms with van der Waals surface area (Å²) in [4.78, 5) is 0. The lowest BCUT2D eigenvalue weighted by Crippen LogP contribution is -2.58. The number of rotatable bonds is 4. The van der Waals surface area contributed by atoms with Gasteiger partial charge in [0.2, 0.25) is 0 Å². The van der Waals surface area contributed by atoms with Crippen molar-refractivity contribution in [2.45, 2.75) is 50.6 Å². The Morgan fingerprint density at radius 2 is 1.48 bits per heavy atom. The SMILES string of the molecule is Oc1cc(-c2ccccc2)ccc1CNC12CC3CC(CC(C3)C1)C2. The third-order valence-corrected chi connectivity index (χ3v) is 6.88. The standard InChI is InChI=1S/C23H27NO/c25-22-11-20(19-4-2-1-3-5-19)6-7-21(22)15-24-23-12-16-8-17(13-23)10-18(9-16)14-23/h1-7,11,16-18,24-25H,8-10,12-15H2. The predicted molar refractivity (Wildman–Crippen MR) is 101 cm³/mol. The number of phenols is 1. The molecule has 4 saturated carbocycles. The Kier molecular flexibility index (Phi) is 3.63. The Labute approximate surface area is 150 Å². The largest absolute Gasteiger partial charge is 0.508 e. The van der Waals surface area contributed by atoms with Crippen LogP contribution in [-0.2, 0) is 6.54 Å². The molecule has 2 N–H and O–H groups in total. The summed E-state index contributed by atoms with van der Waals surface area (Å²) in [5, 5.41) is 14.4. The van der Waals surface area contributed by atoms with Crippen LogP contribution in [0, 0.1) is 17.8 Å². The van der Waals surface area contributed by atoms with Crippen LogP contribution in [0.2, 0.25) is 0 Å². The van der Waals surface area contributed by atoms with Gasteiger partial charge in [-0.2, -0.15) is 0 Å². The van der Waals surface area contributed by atoms with E-state index in [9.17, 15) is 5.11 Å². The minimum atomic E-state index is 0.347. The molecule has 6 rings (SSSR count). The number of aromatic hydroxyl groups is 1. The average molecular weight is 333 g/mol. The molecule has 0 atom stereocenters. The van der Waals surface area contributed by atoms with Crippen molar-refractivity contribution in [2.75, 3.05) is 0 Å². The molecule has 0 amide bonds. The second-order valence-corrected chi connectivity index (χ2v) is 8.76. The number of phenolic OH excluding ortho intramolecular Hbond substituents is 1. The number of nitrogens with one attached hydrogen (secondary N) is 1. The number of hydrogen-bond acceptors (Lipinski definition) is 2. The van der Waals surface area contributed by atoms with Gasteiger partial charge >= 0.3 is 0 Å². The van der Waals surface area contributed by atoms with Crippen LogP contribution in [0.5, 0.6) is 5.75 Å². The Morgan fingerprint density at radius 1 is 0.840 bits per heavy atom. The summed E-state index contributed by atoms with van der Waals surface area (Å²) >= 11 is 0. The summed E-state index contributed by atoms with van der Waals surface area (Å²) in [6.07, 6.45) is 8.46. The molecule has 4 bridgehead atoms. The molecule has 25 heavy (non-hydrogen) atoms. The van der Waals surface area contributed by atoms with E-state index in [4.69, 9.17) is 0 Å². The average Bonchev–Trinajstić information content (AvgIpc) is 2.60. The van der Waals surface area contributed by atoms with E-state index in [-0.39, 0.29) is 0 Å². The highest BCUT2D eigenvalue weighted by Crippen LogP contribution is 2.55. The zero-order valence-corrected chi connectivity index (χ0v) is 14.7. The van der Waals surface area contributed by atoms with E-state index in [1.54, 1.807) is 0 Å². The van der Waals surface area contributed by atoms with Gasteiger partial charge in [-0.25, -0.2) is 0 Å². The first-order valence-electron chi connectivity index (χ1n) is 9.81. The maximum atomic E-state index is 10.5. The van der Waals surface area contributed by atoms with E-state index < -0.39 is 0 Å². The van der Waals surface area contributed by atoms with Crippen molar-refractivity contribution in [3.8, 4) is 16.9 Å². The van der Waals surface area contributed by atoms with Crippen molar-refractivity contribution in [3.05, 3.63) is 54.1 Å². The molecule has 4 aliphatic rings. The fourth-order valence-electron chi connectivity index (χ4n) is 6.13. The maximum Gasteiger partial charge on any atom is 0.120 e. The summed E-state index contributed by atoms with van der Waals surface area (Å²) < 4.78 is 0. The number of hydrogen-bond donors (Lipinski definition) is 2. The number of benzene rings is 2. The van der Waals surface area contributed by atoms with Crippen molar-refractivity contribution >= 4 is 0 Å². The van der Waals surface area contributed by atoms with Gasteiger partial charge in [0.1, 0.15) is 5.75 Å². The van der Waals surface area contributed by atoms with Gasteiger partial charge in [0.25, 0.3) is 0 Å². The van der Waals surface area contributed by atoms with Crippen molar-refractivity contribution in [2.24, 2.45) is 17.8 Å². The smallest absolute Gasteiger partial charge is 0.120 e. The van der Waals surface area contributed by atoms with E-state index in [2.05, 4.69) is 29.6 Å². The van der Waals surface area contributed by atoms with Crippen LogP contribution in [0.1, 0.15) is 44.1 Å². The molecule has 4 aliphatic carbocycles. The second-order valence-electron chi connectivity index (χ2n) is 8.76. The molecule has 0 saturated heterocycles. The lowest BCUT2D eigenvalue weighted by Gasteiger charge is -2.57. The molecule has 2 aromatic rings. The molecule has 0 radical (unpaired) electrons. The minimum absolute atomic E-state index is 0.347. The fourth-order valence-corrected chi connectivity index (χ4v) is 6.13. The lowest BCUT2D eigenvalue weighted by molar-refractivity contribution is -0.0206. The first-order chi connectivity index (χ1) is 12.2. The van der Waals surface area contributed by atoms with Crippen LogP contribution in [0.3, 0.4) is 0 Å². The van der Waals surface area contributed by atoms with Crippen LogP contribution >= 0.6 is 0 Å². The third kappa shape index (κ3) is 2.87. The van der Waals surface area contributed by atoms with E-state index in [1.165, 1.54) is 38.5 Å². The van der Waals surface area contributed by atoms with Crippen LogP contribution in [0.15, 0.2) is 48.5 Å². The van der Waals surface area contributed by atoms with E-state index in [1.807, 2.05) is 24.3 Å². The summed E-state index contributed by atoms with van der Waals surface area (Å²) in [5.74, 6) is 3.27. The Hall–Kier alpha value is -1.80. The van der Waals surface area contributed by atoms with Crippen LogP contribution in [-0.4, -0.2) is 10.6 Å². The molecular formula is C23H27NO. The zero-order chi connectivity index (χ0) is 16.9. The monoisotopic (exact) mass is 333 g/mol. The van der Waals surface area contributed by atoms with E-state index in [0.29, 0.717) is 11.3 Å². The van der Waals surface area contributed by atoms with Gasteiger partial charge in [-0.15, -0.1) is 0 Å². The minimum Gasteiger partial charge on any atom is -0.508 e. The van der Waals surface area contributed by atoms with Crippen LogP contribution < -0.4 is 5.32 Å². The normalized spacial score (nSPS) is 32.9. The molecule has 2 aromatic carbocycles. The fraction of sp³-hybridized carbons (Fsp3) is 0.478. The van der Waals surface area contributed by atoms with Gasteiger partial charge < -0.3 is 10.4 Å². The van der Waals surface area contributed by atoms with Gasteiger partial charge in [0.05, 0.1) is 0 Å². The molecule has 0 spiro atoms. The molecule has 130 valence electrons. The van der Waals surface area contributed by atoms with Crippen LogP contribution in [0.25, 0.3) is 11.1 Å².